The summed E-state index contributed by atoms with van der Waals surface area (Å²) in [5, 5.41) is 1.06. The molecule has 1 unspecified atom stereocenters. The summed E-state index contributed by atoms with van der Waals surface area (Å²) in [5.74, 6) is 0.751. The average Bonchev–Trinajstić information content (AvgIpc) is 2.80. The van der Waals surface area contributed by atoms with Crippen molar-refractivity contribution in [2.45, 2.75) is 19.2 Å². The Morgan fingerprint density at radius 3 is 2.57 bits per heavy atom. The number of fused-ring (bicyclic) bond motifs is 1. The molecule has 3 aromatic rings. The second-order valence-electron chi connectivity index (χ2n) is 5.01. The molecule has 1 aromatic heterocycles. The molecule has 108 valence electrons. The lowest BCUT2D eigenvalue weighted by Gasteiger charge is -2.13. The summed E-state index contributed by atoms with van der Waals surface area (Å²) in [4.78, 5) is 4.61. The van der Waals surface area contributed by atoms with Crippen LogP contribution in [0.3, 0.4) is 0 Å². The quantitative estimate of drug-likeness (QED) is 0.528. The first kappa shape index (κ1) is 14.7. The highest BCUT2D eigenvalue weighted by molar-refractivity contribution is 6.32. The number of alkyl halides is 1. The number of aromatic nitrogens is 2. The number of benzene rings is 2. The summed E-state index contributed by atoms with van der Waals surface area (Å²) in [5.41, 5.74) is 3.73. The van der Waals surface area contributed by atoms with Crippen LogP contribution in [0.4, 0.5) is 0 Å². The van der Waals surface area contributed by atoms with Gasteiger partial charge in [-0.25, -0.2) is 4.98 Å². The zero-order valence-corrected chi connectivity index (χ0v) is 13.8. The number of hydrogen-bond acceptors (Lipinski definition) is 1. The Hall–Kier alpha value is -1.22. The van der Waals surface area contributed by atoms with Crippen LogP contribution in [0.2, 0.25) is 10.0 Å². The highest BCUT2D eigenvalue weighted by Gasteiger charge is 2.18. The van der Waals surface area contributed by atoms with Gasteiger partial charge in [0.1, 0.15) is 5.82 Å². The lowest BCUT2D eigenvalue weighted by atomic mass is 10.2. The summed E-state index contributed by atoms with van der Waals surface area (Å²) >= 11 is 18.8. The first-order chi connectivity index (χ1) is 9.97. The molecule has 0 spiro atoms. The van der Waals surface area contributed by atoms with Gasteiger partial charge in [-0.1, -0.05) is 29.3 Å². The monoisotopic (exact) mass is 338 g/mol. The van der Waals surface area contributed by atoms with Crippen LogP contribution in [0, 0.1) is 6.92 Å². The minimum atomic E-state index is -0.243. The number of rotatable bonds is 2. The Morgan fingerprint density at radius 2 is 1.86 bits per heavy atom. The van der Waals surface area contributed by atoms with E-state index < -0.39 is 0 Å². The lowest BCUT2D eigenvalue weighted by molar-refractivity contribution is 0.882. The van der Waals surface area contributed by atoms with Crippen LogP contribution >= 0.6 is 34.8 Å². The summed E-state index contributed by atoms with van der Waals surface area (Å²) in [6.45, 7) is 3.92. The summed E-state index contributed by atoms with van der Waals surface area (Å²) in [7, 11) is 0. The summed E-state index contributed by atoms with van der Waals surface area (Å²) < 4.78 is 1.98. The molecule has 0 aliphatic heterocycles. The Balaban J connectivity index is 2.41. The standard InChI is InChI=1S/C16H13Cl3N2/c1-9-3-5-12(19)14(7-9)21-15-8-11(18)4-6-13(15)20-16(21)10(2)17/h3-8,10H,1-2H3. The topological polar surface area (TPSA) is 17.8 Å². The van der Waals surface area contributed by atoms with Crippen LogP contribution in [0.1, 0.15) is 23.7 Å². The van der Waals surface area contributed by atoms with Crippen molar-refractivity contribution in [2.75, 3.05) is 0 Å². The maximum absolute atomic E-state index is 6.38. The molecule has 3 rings (SSSR count). The molecule has 5 heteroatoms. The number of aryl methyl sites for hydroxylation is 1. The molecule has 0 N–H and O–H groups in total. The van der Waals surface area contributed by atoms with Gasteiger partial charge in [-0.15, -0.1) is 11.6 Å². The Morgan fingerprint density at radius 1 is 1.10 bits per heavy atom. The van der Waals surface area contributed by atoms with E-state index >= 15 is 0 Å². The maximum Gasteiger partial charge on any atom is 0.132 e. The van der Waals surface area contributed by atoms with E-state index in [2.05, 4.69) is 4.98 Å². The van der Waals surface area contributed by atoms with Gasteiger partial charge >= 0.3 is 0 Å². The third kappa shape index (κ3) is 2.64. The molecule has 0 saturated heterocycles. The van der Waals surface area contributed by atoms with Crippen LogP contribution in [0.25, 0.3) is 16.7 Å². The molecular weight excluding hydrogens is 327 g/mol. The summed E-state index contributed by atoms with van der Waals surface area (Å²) in [6.07, 6.45) is 0. The maximum atomic E-state index is 6.38. The van der Waals surface area contributed by atoms with Gasteiger partial charge in [0, 0.05) is 5.02 Å². The molecule has 0 bridgehead atoms. The van der Waals surface area contributed by atoms with Crippen molar-refractivity contribution in [3.05, 3.63) is 57.8 Å². The molecule has 0 radical (unpaired) electrons. The number of halogens is 3. The molecule has 0 saturated carbocycles. The molecule has 2 nitrogen and oxygen atoms in total. The van der Waals surface area contributed by atoms with Crippen molar-refractivity contribution in [1.29, 1.82) is 0 Å². The average molecular weight is 340 g/mol. The molecule has 1 heterocycles. The van der Waals surface area contributed by atoms with Gasteiger partial charge in [0.15, 0.2) is 0 Å². The highest BCUT2D eigenvalue weighted by atomic mass is 35.5. The predicted octanol–water partition coefficient (Wildman–Crippen LogP) is 5.94. The van der Waals surface area contributed by atoms with E-state index in [0.29, 0.717) is 10.0 Å². The molecule has 0 aliphatic rings. The van der Waals surface area contributed by atoms with Gasteiger partial charge in [0.2, 0.25) is 0 Å². The molecule has 0 aliphatic carbocycles. The molecule has 21 heavy (non-hydrogen) atoms. The number of nitrogens with zero attached hydrogens (tertiary/aromatic N) is 2. The van der Waals surface area contributed by atoms with Crippen molar-refractivity contribution >= 4 is 45.8 Å². The highest BCUT2D eigenvalue weighted by Crippen LogP contribution is 2.32. The fourth-order valence-electron chi connectivity index (χ4n) is 2.38. The van der Waals surface area contributed by atoms with E-state index in [1.807, 2.05) is 54.8 Å². The summed E-state index contributed by atoms with van der Waals surface area (Å²) in [6, 6.07) is 11.5. The fourth-order valence-corrected chi connectivity index (χ4v) is 2.90. The van der Waals surface area contributed by atoms with E-state index in [0.717, 1.165) is 28.1 Å². The zero-order chi connectivity index (χ0) is 15.1. The first-order valence-electron chi connectivity index (χ1n) is 6.56. The second kappa shape index (κ2) is 5.53. The largest absolute Gasteiger partial charge is 0.293 e. The minimum absolute atomic E-state index is 0.243. The number of imidazole rings is 1. The molecule has 0 fully saturated rings. The van der Waals surface area contributed by atoms with Gasteiger partial charge in [-0.2, -0.15) is 0 Å². The van der Waals surface area contributed by atoms with Crippen LogP contribution in [0.15, 0.2) is 36.4 Å². The Kier molecular flexibility index (Phi) is 3.87. The molecule has 1 atom stereocenters. The molecule has 0 amide bonds. The smallest absolute Gasteiger partial charge is 0.132 e. The van der Waals surface area contributed by atoms with Gasteiger partial charge in [0.05, 0.1) is 27.1 Å². The van der Waals surface area contributed by atoms with Gasteiger partial charge < -0.3 is 0 Å². The second-order valence-corrected chi connectivity index (χ2v) is 6.51. The Labute approximate surface area is 138 Å². The predicted molar refractivity (Wildman–Crippen MR) is 90.1 cm³/mol. The van der Waals surface area contributed by atoms with Crippen molar-refractivity contribution in [3.63, 3.8) is 0 Å². The van der Waals surface area contributed by atoms with E-state index in [9.17, 15) is 0 Å². The lowest BCUT2D eigenvalue weighted by Crippen LogP contribution is -2.03. The van der Waals surface area contributed by atoms with E-state index in [-0.39, 0.29) is 5.38 Å². The van der Waals surface area contributed by atoms with Crippen molar-refractivity contribution < 1.29 is 0 Å². The van der Waals surface area contributed by atoms with Crippen molar-refractivity contribution in [1.82, 2.24) is 9.55 Å². The van der Waals surface area contributed by atoms with Crippen LogP contribution < -0.4 is 0 Å². The van der Waals surface area contributed by atoms with E-state index in [1.54, 1.807) is 0 Å². The first-order valence-corrected chi connectivity index (χ1v) is 7.75. The van der Waals surface area contributed by atoms with Gasteiger partial charge in [-0.05, 0) is 49.7 Å². The van der Waals surface area contributed by atoms with Crippen molar-refractivity contribution in [3.8, 4) is 5.69 Å². The third-order valence-electron chi connectivity index (χ3n) is 3.34. The van der Waals surface area contributed by atoms with Crippen LogP contribution in [-0.4, -0.2) is 9.55 Å². The van der Waals surface area contributed by atoms with E-state index in [1.165, 1.54) is 0 Å². The van der Waals surface area contributed by atoms with E-state index in [4.69, 9.17) is 34.8 Å². The van der Waals surface area contributed by atoms with Crippen LogP contribution in [0.5, 0.6) is 0 Å². The van der Waals surface area contributed by atoms with Crippen LogP contribution in [-0.2, 0) is 0 Å². The third-order valence-corrected chi connectivity index (χ3v) is 4.09. The number of hydrogen-bond donors (Lipinski definition) is 0. The normalized spacial score (nSPS) is 12.8. The SMILES string of the molecule is Cc1ccc(Cl)c(-n2c(C(C)Cl)nc3ccc(Cl)cc32)c1. The van der Waals surface area contributed by atoms with Crippen molar-refractivity contribution in [2.24, 2.45) is 0 Å². The molecular formula is C16H13Cl3N2. The van der Waals surface area contributed by atoms with Gasteiger partial charge in [0.25, 0.3) is 0 Å². The fraction of sp³-hybridized carbons (Fsp3) is 0.188. The molecule has 2 aromatic carbocycles. The Bertz CT molecular complexity index is 822. The zero-order valence-electron chi connectivity index (χ0n) is 11.6. The minimum Gasteiger partial charge on any atom is -0.293 e. The van der Waals surface area contributed by atoms with Gasteiger partial charge in [-0.3, -0.25) is 4.57 Å².